The molecule has 0 saturated carbocycles. The molecule has 0 radical (unpaired) electrons. The molecule has 3 amide bonds. The van der Waals surface area contributed by atoms with E-state index in [-0.39, 0.29) is 25.4 Å². The third kappa shape index (κ3) is 8.79. The normalized spacial score (nSPS) is 11.6. The van der Waals surface area contributed by atoms with Gasteiger partial charge < -0.3 is 21.5 Å². The fourth-order valence-corrected chi connectivity index (χ4v) is 1.07. The number of aliphatic carboxylic acids is 1. The van der Waals surface area contributed by atoms with E-state index >= 15 is 0 Å². The summed E-state index contributed by atoms with van der Waals surface area (Å²) in [6.45, 7) is 1.93. The van der Waals surface area contributed by atoms with E-state index in [0.717, 1.165) is 0 Å². The minimum absolute atomic E-state index is 0.0110. The molecule has 0 spiro atoms. The highest BCUT2D eigenvalue weighted by Crippen LogP contribution is 1.89. The van der Waals surface area contributed by atoms with Gasteiger partial charge in [0.2, 0.25) is 5.91 Å². The van der Waals surface area contributed by atoms with Gasteiger partial charge in [0.1, 0.15) is 0 Å². The van der Waals surface area contributed by atoms with Crippen LogP contribution < -0.4 is 16.4 Å². The van der Waals surface area contributed by atoms with E-state index in [1.165, 1.54) is 0 Å². The molecule has 0 aliphatic rings. The predicted molar refractivity (Wildman–Crippen MR) is 56.7 cm³/mol. The summed E-state index contributed by atoms with van der Waals surface area (Å²) < 4.78 is 0. The monoisotopic (exact) mass is 231 g/mol. The zero-order valence-electron chi connectivity index (χ0n) is 9.16. The van der Waals surface area contributed by atoms with Crippen molar-refractivity contribution in [2.24, 2.45) is 5.73 Å². The Morgan fingerprint density at radius 3 is 2.50 bits per heavy atom. The standard InChI is InChI=1S/C9H17N3O4/c1-6(5-7(10)13)12-9(16)11-4-2-3-8(14)15/h6H,2-5H2,1H3,(H2,10,13)(H,14,15)(H2,11,12,16). The fourth-order valence-electron chi connectivity index (χ4n) is 1.07. The Balaban J connectivity index is 3.58. The van der Waals surface area contributed by atoms with Gasteiger partial charge in [-0.3, -0.25) is 9.59 Å². The minimum atomic E-state index is -0.899. The SMILES string of the molecule is CC(CC(N)=O)NC(=O)NCCCC(=O)O. The molecule has 5 N–H and O–H groups in total. The Morgan fingerprint density at radius 1 is 1.38 bits per heavy atom. The van der Waals surface area contributed by atoms with E-state index in [2.05, 4.69) is 10.6 Å². The molecule has 0 bridgehead atoms. The fraction of sp³-hybridized carbons (Fsp3) is 0.667. The summed E-state index contributed by atoms with van der Waals surface area (Å²) in [6.07, 6.45) is 0.451. The Morgan fingerprint density at radius 2 is 2.00 bits per heavy atom. The lowest BCUT2D eigenvalue weighted by molar-refractivity contribution is -0.137. The molecular formula is C9H17N3O4. The van der Waals surface area contributed by atoms with Crippen molar-refractivity contribution in [3.05, 3.63) is 0 Å². The molecule has 1 unspecified atom stereocenters. The number of carboxylic acid groups (broad SMARTS) is 1. The van der Waals surface area contributed by atoms with Gasteiger partial charge >= 0.3 is 12.0 Å². The zero-order chi connectivity index (χ0) is 12.6. The summed E-state index contributed by atoms with van der Waals surface area (Å²) in [5, 5.41) is 13.3. The van der Waals surface area contributed by atoms with Gasteiger partial charge in [-0.25, -0.2) is 4.79 Å². The van der Waals surface area contributed by atoms with Gasteiger partial charge in [-0.05, 0) is 13.3 Å². The van der Waals surface area contributed by atoms with Crippen molar-refractivity contribution in [1.82, 2.24) is 10.6 Å². The van der Waals surface area contributed by atoms with Crippen LogP contribution >= 0.6 is 0 Å². The van der Waals surface area contributed by atoms with Gasteiger partial charge in [0.25, 0.3) is 0 Å². The van der Waals surface area contributed by atoms with E-state index < -0.39 is 17.9 Å². The summed E-state index contributed by atoms with van der Waals surface area (Å²) in [7, 11) is 0. The van der Waals surface area contributed by atoms with Gasteiger partial charge in [-0.2, -0.15) is 0 Å². The number of nitrogens with one attached hydrogen (secondary N) is 2. The van der Waals surface area contributed by atoms with Crippen LogP contribution in [-0.4, -0.2) is 35.6 Å². The molecule has 0 aromatic rings. The second-order valence-corrected chi connectivity index (χ2v) is 3.47. The quantitative estimate of drug-likeness (QED) is 0.437. The van der Waals surface area contributed by atoms with Crippen molar-refractivity contribution in [3.8, 4) is 0 Å². The Labute approximate surface area is 93.4 Å². The van der Waals surface area contributed by atoms with Crippen LogP contribution in [-0.2, 0) is 9.59 Å². The molecule has 0 rings (SSSR count). The second kappa shape index (κ2) is 7.49. The lowest BCUT2D eigenvalue weighted by Crippen LogP contribution is -2.42. The molecule has 16 heavy (non-hydrogen) atoms. The number of carboxylic acids is 1. The number of primary amides is 1. The molecule has 7 nitrogen and oxygen atoms in total. The molecule has 0 aliphatic heterocycles. The number of amides is 3. The van der Waals surface area contributed by atoms with Crippen LogP contribution in [0.25, 0.3) is 0 Å². The van der Waals surface area contributed by atoms with Gasteiger partial charge in [0, 0.05) is 25.4 Å². The van der Waals surface area contributed by atoms with Crippen molar-refractivity contribution in [1.29, 1.82) is 0 Å². The molecule has 7 heteroatoms. The second-order valence-electron chi connectivity index (χ2n) is 3.47. The molecule has 0 saturated heterocycles. The van der Waals surface area contributed by atoms with Crippen LogP contribution in [0.3, 0.4) is 0 Å². The Kier molecular flexibility index (Phi) is 6.66. The smallest absolute Gasteiger partial charge is 0.315 e. The molecule has 0 aliphatic carbocycles. The lowest BCUT2D eigenvalue weighted by Gasteiger charge is -2.12. The van der Waals surface area contributed by atoms with Gasteiger partial charge in [-0.15, -0.1) is 0 Å². The highest BCUT2D eigenvalue weighted by atomic mass is 16.4. The first-order valence-electron chi connectivity index (χ1n) is 4.96. The summed E-state index contributed by atoms with van der Waals surface area (Å²) >= 11 is 0. The van der Waals surface area contributed by atoms with E-state index in [4.69, 9.17) is 10.8 Å². The van der Waals surface area contributed by atoms with E-state index in [9.17, 15) is 14.4 Å². The predicted octanol–water partition coefficient (Wildman–Crippen LogP) is -0.586. The third-order valence-corrected chi connectivity index (χ3v) is 1.74. The highest BCUT2D eigenvalue weighted by molar-refractivity contribution is 5.77. The first kappa shape index (κ1) is 14.2. The molecule has 1 atom stereocenters. The molecule has 92 valence electrons. The molecule has 0 fully saturated rings. The van der Waals surface area contributed by atoms with E-state index in [1.54, 1.807) is 6.92 Å². The van der Waals surface area contributed by atoms with Crippen LogP contribution in [0.4, 0.5) is 4.79 Å². The number of nitrogens with two attached hydrogens (primary N) is 1. The maximum Gasteiger partial charge on any atom is 0.315 e. The summed E-state index contributed by atoms with van der Waals surface area (Å²) in [4.78, 5) is 31.8. The van der Waals surface area contributed by atoms with Crippen molar-refractivity contribution >= 4 is 17.9 Å². The zero-order valence-corrected chi connectivity index (χ0v) is 9.16. The number of hydrogen-bond donors (Lipinski definition) is 4. The number of carbonyl (C=O) groups excluding carboxylic acids is 2. The molecular weight excluding hydrogens is 214 g/mol. The number of urea groups is 1. The topological polar surface area (TPSA) is 122 Å². The van der Waals surface area contributed by atoms with Gasteiger partial charge in [0.05, 0.1) is 0 Å². The maximum absolute atomic E-state index is 11.2. The minimum Gasteiger partial charge on any atom is -0.481 e. The van der Waals surface area contributed by atoms with Crippen molar-refractivity contribution < 1.29 is 19.5 Å². The van der Waals surface area contributed by atoms with Crippen LogP contribution in [0.2, 0.25) is 0 Å². The van der Waals surface area contributed by atoms with E-state index in [0.29, 0.717) is 6.42 Å². The van der Waals surface area contributed by atoms with Gasteiger partial charge in [0.15, 0.2) is 0 Å². The van der Waals surface area contributed by atoms with Crippen LogP contribution in [0.15, 0.2) is 0 Å². The van der Waals surface area contributed by atoms with Crippen molar-refractivity contribution in [2.75, 3.05) is 6.54 Å². The summed E-state index contributed by atoms with van der Waals surface area (Å²) in [6, 6.07) is -0.767. The Hall–Kier alpha value is -1.79. The average Bonchev–Trinajstić information content (AvgIpc) is 2.10. The van der Waals surface area contributed by atoms with E-state index in [1.807, 2.05) is 0 Å². The van der Waals surface area contributed by atoms with Gasteiger partial charge in [-0.1, -0.05) is 0 Å². The van der Waals surface area contributed by atoms with Crippen LogP contribution in [0.5, 0.6) is 0 Å². The van der Waals surface area contributed by atoms with Crippen molar-refractivity contribution in [3.63, 3.8) is 0 Å². The first-order chi connectivity index (χ1) is 7.41. The number of carbonyl (C=O) groups is 3. The average molecular weight is 231 g/mol. The summed E-state index contributed by atoms with van der Waals surface area (Å²) in [5.74, 6) is -1.39. The molecule has 0 aromatic carbocycles. The van der Waals surface area contributed by atoms with Crippen LogP contribution in [0.1, 0.15) is 26.2 Å². The first-order valence-corrected chi connectivity index (χ1v) is 4.96. The molecule has 0 aromatic heterocycles. The van der Waals surface area contributed by atoms with Crippen LogP contribution in [0, 0.1) is 0 Å². The third-order valence-electron chi connectivity index (χ3n) is 1.74. The Bertz CT molecular complexity index is 267. The maximum atomic E-state index is 11.2. The highest BCUT2D eigenvalue weighted by Gasteiger charge is 2.08. The summed E-state index contributed by atoms with van der Waals surface area (Å²) in [5.41, 5.74) is 4.95. The van der Waals surface area contributed by atoms with Crippen molar-refractivity contribution in [2.45, 2.75) is 32.2 Å². The largest absolute Gasteiger partial charge is 0.481 e. The number of hydrogen-bond acceptors (Lipinski definition) is 3. The molecule has 0 heterocycles. The number of rotatable bonds is 7. The lowest BCUT2D eigenvalue weighted by atomic mass is 10.2.